The van der Waals surface area contributed by atoms with E-state index in [4.69, 9.17) is 0 Å². The number of unbranched alkanes of at least 4 members (excludes halogenated alkanes) is 3. The molecule has 0 aromatic rings. The molecule has 0 aliphatic carbocycles. The lowest BCUT2D eigenvalue weighted by atomic mass is 10.1. The van der Waals surface area contributed by atoms with Crippen LogP contribution in [0.4, 0.5) is 26.3 Å². The summed E-state index contributed by atoms with van der Waals surface area (Å²) >= 11 is 0. The quantitative estimate of drug-likeness (QED) is 0.323. The molecule has 0 unspecified atom stereocenters. The lowest BCUT2D eigenvalue weighted by Gasteiger charge is -2.24. The number of rotatable bonds is 9. The molecule has 2 atom stereocenters. The van der Waals surface area contributed by atoms with Crippen LogP contribution < -0.4 is 0 Å². The van der Waals surface area contributed by atoms with Gasteiger partial charge in [0, 0.05) is 6.66 Å². The van der Waals surface area contributed by atoms with E-state index in [0.29, 0.717) is 13.1 Å². The zero-order chi connectivity index (χ0) is 16.7. The predicted octanol–water partition coefficient (Wildman–Crippen LogP) is 5.31. The summed E-state index contributed by atoms with van der Waals surface area (Å²) in [5.41, 5.74) is 0. The van der Waals surface area contributed by atoms with Gasteiger partial charge in [-0.15, -0.1) is 0 Å². The highest BCUT2D eigenvalue weighted by Crippen LogP contribution is 2.49. The van der Waals surface area contributed by atoms with E-state index in [-0.39, 0.29) is 6.42 Å². The molecule has 0 aliphatic heterocycles. The zero-order valence-corrected chi connectivity index (χ0v) is 12.7. The van der Waals surface area contributed by atoms with Crippen LogP contribution in [0.15, 0.2) is 0 Å². The van der Waals surface area contributed by atoms with Crippen LogP contribution in [0.25, 0.3) is 0 Å². The first-order valence-electron chi connectivity index (χ1n) is 6.41. The summed E-state index contributed by atoms with van der Waals surface area (Å²) in [6.07, 6.45) is -10.2. The summed E-state index contributed by atoms with van der Waals surface area (Å²) in [5.74, 6) is 0. The molecule has 0 fully saturated rings. The van der Waals surface area contributed by atoms with E-state index in [9.17, 15) is 30.9 Å². The fourth-order valence-corrected chi connectivity index (χ4v) is 2.61. The normalized spacial score (nSPS) is 17.5. The average Bonchev–Trinajstić information content (AvgIpc) is 2.28. The number of alkyl halides is 6. The summed E-state index contributed by atoms with van der Waals surface area (Å²) in [7, 11) is -4.44. The summed E-state index contributed by atoms with van der Waals surface area (Å²) in [6.45, 7) is 0.563. The van der Waals surface area contributed by atoms with Gasteiger partial charge < -0.3 is 0 Å². The Labute approximate surface area is 119 Å². The Balaban J connectivity index is 4.54. The Morgan fingerprint density at radius 1 is 1.05 bits per heavy atom. The van der Waals surface area contributed by atoms with E-state index in [1.165, 1.54) is 0 Å². The molecule has 10 heteroatoms. The molecule has 0 N–H and O–H groups in total. The van der Waals surface area contributed by atoms with Gasteiger partial charge in [-0.1, -0.05) is 32.6 Å². The summed E-state index contributed by atoms with van der Waals surface area (Å²) < 4.78 is 93.7. The van der Waals surface area contributed by atoms with Crippen LogP contribution in [0.3, 0.4) is 0 Å². The molecule has 0 radical (unpaired) electrons. The SMILES string of the molecule is CCCCCC[C@H](O[P@@](C)(=O)OCC(F)(F)F)C(F)(F)F. The predicted molar refractivity (Wildman–Crippen MR) is 65.2 cm³/mol. The van der Waals surface area contributed by atoms with Crippen LogP contribution in [-0.2, 0) is 13.6 Å². The van der Waals surface area contributed by atoms with Crippen LogP contribution >= 0.6 is 7.60 Å². The van der Waals surface area contributed by atoms with Crippen molar-refractivity contribution in [3.05, 3.63) is 0 Å². The first-order chi connectivity index (χ1) is 9.37. The van der Waals surface area contributed by atoms with Gasteiger partial charge in [0.1, 0.15) is 0 Å². The van der Waals surface area contributed by atoms with Crippen molar-refractivity contribution in [3.8, 4) is 0 Å². The van der Waals surface area contributed by atoms with Crippen molar-refractivity contribution in [3.63, 3.8) is 0 Å². The van der Waals surface area contributed by atoms with Gasteiger partial charge in [-0.2, -0.15) is 26.3 Å². The minimum absolute atomic E-state index is 0.178. The smallest absolute Gasteiger partial charge is 0.299 e. The molecule has 0 saturated carbocycles. The third-order valence-electron chi connectivity index (χ3n) is 2.47. The highest BCUT2D eigenvalue weighted by Gasteiger charge is 2.44. The van der Waals surface area contributed by atoms with Gasteiger partial charge in [0.15, 0.2) is 12.7 Å². The van der Waals surface area contributed by atoms with Gasteiger partial charge >= 0.3 is 19.9 Å². The molecule has 0 saturated heterocycles. The Bertz CT molecular complexity index is 342. The van der Waals surface area contributed by atoms with E-state index in [1.54, 1.807) is 0 Å². The van der Waals surface area contributed by atoms with Crippen molar-refractivity contribution in [2.75, 3.05) is 13.3 Å². The lowest BCUT2D eigenvalue weighted by Crippen LogP contribution is -2.31. The summed E-state index contributed by atoms with van der Waals surface area (Å²) in [4.78, 5) is 0. The van der Waals surface area contributed by atoms with Crippen molar-refractivity contribution in [2.24, 2.45) is 0 Å². The average molecular weight is 344 g/mol. The zero-order valence-electron chi connectivity index (χ0n) is 11.8. The largest absolute Gasteiger partial charge is 0.415 e. The van der Waals surface area contributed by atoms with Gasteiger partial charge in [0.05, 0.1) is 0 Å². The molecular weight excluding hydrogens is 325 g/mol. The van der Waals surface area contributed by atoms with Crippen molar-refractivity contribution >= 4 is 7.60 Å². The lowest BCUT2D eigenvalue weighted by molar-refractivity contribution is -0.201. The molecule has 21 heavy (non-hydrogen) atoms. The number of hydrogen-bond acceptors (Lipinski definition) is 3. The van der Waals surface area contributed by atoms with E-state index < -0.39 is 39.1 Å². The van der Waals surface area contributed by atoms with Gasteiger partial charge in [-0.05, 0) is 6.42 Å². The molecule has 128 valence electrons. The fraction of sp³-hybridized carbons (Fsp3) is 1.00. The topological polar surface area (TPSA) is 35.5 Å². The second kappa shape index (κ2) is 8.39. The van der Waals surface area contributed by atoms with Crippen LogP contribution in [0.5, 0.6) is 0 Å². The Morgan fingerprint density at radius 3 is 2.05 bits per heavy atom. The van der Waals surface area contributed by atoms with Crippen LogP contribution in [0.2, 0.25) is 0 Å². The van der Waals surface area contributed by atoms with Gasteiger partial charge in [0.25, 0.3) is 0 Å². The first-order valence-corrected chi connectivity index (χ1v) is 8.40. The van der Waals surface area contributed by atoms with Crippen molar-refractivity contribution < 1.29 is 40.0 Å². The third-order valence-corrected chi connectivity index (χ3v) is 3.70. The monoisotopic (exact) mass is 344 g/mol. The minimum Gasteiger partial charge on any atom is -0.299 e. The first kappa shape index (κ1) is 20.7. The van der Waals surface area contributed by atoms with E-state index in [2.05, 4.69) is 9.05 Å². The Kier molecular flexibility index (Phi) is 8.28. The fourth-order valence-electron chi connectivity index (χ4n) is 1.48. The maximum absolute atomic E-state index is 12.7. The van der Waals surface area contributed by atoms with Gasteiger partial charge in [-0.25, -0.2) is 0 Å². The van der Waals surface area contributed by atoms with Crippen molar-refractivity contribution in [2.45, 2.75) is 57.5 Å². The molecule has 3 nitrogen and oxygen atoms in total. The molecule has 0 spiro atoms. The van der Waals surface area contributed by atoms with E-state index in [0.717, 1.165) is 12.8 Å². The minimum atomic E-state index is -4.81. The van der Waals surface area contributed by atoms with Gasteiger partial charge in [0.2, 0.25) is 0 Å². The highest BCUT2D eigenvalue weighted by molar-refractivity contribution is 7.53. The van der Waals surface area contributed by atoms with Crippen LogP contribution in [0.1, 0.15) is 39.0 Å². The molecule has 0 rings (SSSR count). The third kappa shape index (κ3) is 11.0. The van der Waals surface area contributed by atoms with Crippen molar-refractivity contribution in [1.82, 2.24) is 0 Å². The van der Waals surface area contributed by atoms with Gasteiger partial charge in [-0.3, -0.25) is 13.6 Å². The summed E-state index contributed by atoms with van der Waals surface area (Å²) in [6, 6.07) is 0. The molecule has 0 aromatic heterocycles. The number of hydrogen-bond donors (Lipinski definition) is 0. The molecule has 0 aliphatic rings. The molecule has 0 amide bonds. The van der Waals surface area contributed by atoms with Crippen molar-refractivity contribution in [1.29, 1.82) is 0 Å². The Hall–Kier alpha value is -0.270. The second-order valence-electron chi connectivity index (χ2n) is 4.64. The molecule has 0 heterocycles. The maximum atomic E-state index is 12.7. The standard InChI is InChI=1S/C11H19F6O3P/c1-3-4-5-6-7-9(11(15,16)17)20-21(2,18)19-8-10(12,13)14/h9H,3-8H2,1-2H3/t9-,21-/m0/s1. The molecular formula is C11H19F6O3P. The van der Waals surface area contributed by atoms with Crippen LogP contribution in [-0.4, -0.2) is 31.7 Å². The second-order valence-corrected chi connectivity index (χ2v) is 6.66. The number of halogens is 6. The molecule has 0 bridgehead atoms. The Morgan fingerprint density at radius 2 is 1.62 bits per heavy atom. The van der Waals surface area contributed by atoms with Crippen LogP contribution in [0, 0.1) is 0 Å². The highest BCUT2D eigenvalue weighted by atomic mass is 31.2. The summed E-state index contributed by atoms with van der Waals surface area (Å²) in [5, 5.41) is 0. The maximum Gasteiger partial charge on any atom is 0.415 e. The molecule has 0 aromatic carbocycles. The van der Waals surface area contributed by atoms with E-state index >= 15 is 0 Å². The van der Waals surface area contributed by atoms with E-state index in [1.807, 2.05) is 6.92 Å².